The van der Waals surface area contributed by atoms with Crippen molar-refractivity contribution in [2.24, 2.45) is 0 Å². The van der Waals surface area contributed by atoms with Gasteiger partial charge in [-0.3, -0.25) is 53.3 Å². The number of benzene rings is 5. The largest absolute Gasteiger partial charge is 0.507 e. The van der Waals surface area contributed by atoms with Crippen molar-refractivity contribution in [1.29, 1.82) is 0 Å². The van der Waals surface area contributed by atoms with E-state index in [1.54, 1.807) is 134 Å². The van der Waals surface area contributed by atoms with Crippen molar-refractivity contribution in [1.82, 2.24) is 95.2 Å². The normalized spacial score (nSPS) is 18.5. The van der Waals surface area contributed by atoms with Crippen LogP contribution in [-0.2, 0) is 42.3 Å². The number of amides is 1. The number of allylic oxidation sites excluding steroid dienone is 5. The van der Waals surface area contributed by atoms with Gasteiger partial charge in [-0.15, -0.1) is 0 Å². The molecule has 20 heterocycles. The minimum Gasteiger partial charge on any atom is -0.507 e. The van der Waals surface area contributed by atoms with Gasteiger partial charge >= 0.3 is 0 Å². The Labute approximate surface area is 821 Å². The number of hydrogen-bond acceptors (Lipinski definition) is 30. The van der Waals surface area contributed by atoms with E-state index in [1.165, 1.54) is 6.07 Å². The number of hydrogen-bond donors (Lipinski definition) is 13. The van der Waals surface area contributed by atoms with E-state index in [1.807, 2.05) is 71.9 Å². The number of carbonyl (C=O) groups is 6. The number of nitrogens with zero attached hydrogens (tertiary/aromatic N) is 11. The summed E-state index contributed by atoms with van der Waals surface area (Å²) in [6.07, 6.45) is 24.4. The van der Waals surface area contributed by atoms with Crippen molar-refractivity contribution >= 4 is 132 Å². The van der Waals surface area contributed by atoms with E-state index >= 15 is 0 Å². The summed E-state index contributed by atoms with van der Waals surface area (Å²) in [5.41, 5.74) is 13.2. The number of morpholine rings is 1. The Morgan fingerprint density at radius 3 is 0.923 bits per heavy atom. The van der Waals surface area contributed by atoms with Crippen molar-refractivity contribution in [3.63, 3.8) is 0 Å². The number of Topliss-reactive ketones (excluding diaryl/α,β-unsaturated/α-hetero) is 5. The SMILES string of the molecule is CN1CCN(Cc2c(O)ccc3c2O/C(=C\c2c[nH]c4ncccc24)C3=O)CC1.O=C1/C(=C/c2c[nH]c3nc(Cl)ccc23)Oc2c1ccc(O)c2CN1CCNCC1.O=C1/C(=C/c2c[nH]c3ncccc23)Oc2c1ccc(O)c2CN1CCNCC1.O=C1/C(=C/c2c[nH]c3ncccc23)Oc2c1ccc(O)c2CN1CCOCC1.O=C1CN(Cc2c(O)ccc3c2O/C(=C\c2c[nH]c4ncccc24)C3=O)CCN1. The van der Waals surface area contributed by atoms with Gasteiger partial charge in [0, 0.05) is 248 Å². The van der Waals surface area contributed by atoms with Gasteiger partial charge in [-0.25, -0.2) is 24.9 Å². The van der Waals surface area contributed by atoms with Crippen LogP contribution >= 0.6 is 11.6 Å². The number of aromatic nitrogens is 10. The van der Waals surface area contributed by atoms with Crippen LogP contribution in [0.2, 0.25) is 5.15 Å². The second-order valence-corrected chi connectivity index (χ2v) is 36.2. The van der Waals surface area contributed by atoms with E-state index in [0.29, 0.717) is 154 Å². The summed E-state index contributed by atoms with van der Waals surface area (Å²) in [5, 5.41) is 66.4. The molecule has 37 heteroatoms. The van der Waals surface area contributed by atoms with Gasteiger partial charge in [0.1, 0.15) is 90.9 Å². The highest BCUT2D eigenvalue weighted by Gasteiger charge is 2.39. The number of pyridine rings is 5. The first-order chi connectivity index (χ1) is 69.7. The third-order valence-corrected chi connectivity index (χ3v) is 26.8. The molecule has 0 saturated carbocycles. The molecule has 10 aliphatic rings. The standard InChI is InChI=1S/C22H22N4O3.C21H19ClN4O3.C21H18N4O4.C21H20N4O3.C21H19N3O4/c1-25-7-9-26(10-8-25)13-17-18(27)5-4-16-20(28)19(29-21(16)17)11-14-12-24-22-15(14)3-2-6-23-22;22-18-4-2-13-12(10-24-21(13)25-18)9-17-19(28)14-1-3-16(27)15(20(14)29-17)11-26-7-5-23-6-8-26;26-16-4-3-14-19(28)17(8-12-9-24-21-13(12)2-1-5-23-21)29-20(14)15(16)10-25-7-6-22-18(27)11-25;26-17-4-3-15-19(27)18(10-13-11-24-21-14(13)2-1-5-23-21)28-20(15)16(17)12-25-8-6-22-7-9-25;25-17-4-3-15-19(26)18(10-13-11-23-21-14(13)2-1-5-22-21)28-20(15)16(17)12-24-6-8-27-9-7-24/h2-6,11-12,27H,7-10,13H2,1H3,(H,23,24);1-4,9-10,23,27H,5-8,11H2,(H,24,25);1-5,8-9,26H,6-7,10-11H2,(H,22,27)(H,23,24);1-5,10-11,22,26H,6-9,12H2,(H,23,24);1-5,10-11,25H,6-9,12H2,(H,22,23)/b19-11-;17-9-;17-8-;2*18-10-. The number of phenolic OH excluding ortho intramolecular Hbond substituents is 5. The third kappa shape index (κ3) is 19.5. The number of aromatic amines is 5. The van der Waals surface area contributed by atoms with Crippen LogP contribution in [0.5, 0.6) is 57.5 Å². The maximum absolute atomic E-state index is 12.9. The van der Waals surface area contributed by atoms with Crippen LogP contribution in [0.25, 0.3) is 85.5 Å². The Bertz CT molecular complexity index is 7560. The third-order valence-electron chi connectivity index (χ3n) is 26.6. The molecule has 0 aliphatic carbocycles. The molecule has 25 rings (SSSR count). The summed E-state index contributed by atoms with van der Waals surface area (Å²) in [6, 6.07) is 34.6. The van der Waals surface area contributed by atoms with Gasteiger partial charge in [0.15, 0.2) is 28.8 Å². The van der Waals surface area contributed by atoms with E-state index < -0.39 is 0 Å². The first-order valence-electron chi connectivity index (χ1n) is 47.0. The number of rotatable bonds is 15. The molecule has 0 atom stereocenters. The van der Waals surface area contributed by atoms with Gasteiger partial charge in [-0.2, -0.15) is 0 Å². The zero-order valence-electron chi connectivity index (χ0n) is 77.5. The molecule has 143 heavy (non-hydrogen) atoms. The second-order valence-electron chi connectivity index (χ2n) is 35.8. The smallest absolute Gasteiger partial charge is 0.234 e. The Hall–Kier alpha value is -16.0. The molecule has 0 unspecified atom stereocenters. The van der Waals surface area contributed by atoms with Crippen LogP contribution < -0.4 is 39.6 Å². The number of aromatic hydroxyl groups is 5. The fraction of sp³-hybridized carbons (Fsp3) is 0.236. The zero-order valence-corrected chi connectivity index (χ0v) is 78.3. The number of H-pyrrole nitrogens is 5. The number of likely N-dealkylation sites (N-methyl/N-ethyl adjacent to an activating group) is 1. The van der Waals surface area contributed by atoms with Crippen molar-refractivity contribution in [2.45, 2.75) is 32.7 Å². The molecule has 0 radical (unpaired) electrons. The predicted molar refractivity (Wildman–Crippen MR) is 534 cm³/mol. The van der Waals surface area contributed by atoms with Gasteiger partial charge in [0.05, 0.1) is 75.4 Å². The molecule has 0 spiro atoms. The number of ketones is 5. The van der Waals surface area contributed by atoms with Crippen LogP contribution in [0.3, 0.4) is 0 Å². The lowest BCUT2D eigenvalue weighted by molar-refractivity contribution is -0.124. The number of piperazine rings is 4. The van der Waals surface area contributed by atoms with E-state index in [2.05, 4.69) is 97.3 Å². The molecular weight excluding hydrogens is 1850 g/mol. The molecule has 10 aliphatic heterocycles. The summed E-state index contributed by atoms with van der Waals surface area (Å²) < 4.78 is 35.2. The molecule has 5 fully saturated rings. The highest BCUT2D eigenvalue weighted by molar-refractivity contribution is 6.30. The summed E-state index contributed by atoms with van der Waals surface area (Å²) in [7, 11) is 2.11. The van der Waals surface area contributed by atoms with Gasteiger partial charge in [0.2, 0.25) is 34.8 Å². The van der Waals surface area contributed by atoms with Gasteiger partial charge in [-0.05, 0) is 159 Å². The number of nitrogens with one attached hydrogen (secondary N) is 8. The van der Waals surface area contributed by atoms with Crippen LogP contribution in [0.1, 0.15) is 107 Å². The molecule has 0 bridgehead atoms. The maximum Gasteiger partial charge on any atom is 0.234 e. The maximum atomic E-state index is 12.9. The highest BCUT2D eigenvalue weighted by Crippen LogP contribution is 2.47. The molecular formula is C106H98ClN19O17. The summed E-state index contributed by atoms with van der Waals surface area (Å²) in [5.74, 6) is 2.96. The van der Waals surface area contributed by atoms with E-state index in [0.717, 1.165) is 169 Å². The molecule has 13 N–H and O–H groups in total. The number of phenols is 5. The minimum atomic E-state index is -0.240. The molecule has 36 nitrogen and oxygen atoms in total. The second kappa shape index (κ2) is 40.7. The Morgan fingerprint density at radius 2 is 0.608 bits per heavy atom. The van der Waals surface area contributed by atoms with E-state index in [-0.39, 0.29) is 98.9 Å². The van der Waals surface area contributed by atoms with Gasteiger partial charge in [-0.1, -0.05) is 11.6 Å². The highest BCUT2D eigenvalue weighted by atomic mass is 35.5. The topological polar surface area (TPSA) is 458 Å². The monoisotopic (exact) mass is 1940 g/mol. The molecule has 5 aromatic carbocycles. The molecule has 1 amide bonds. The number of halogens is 1. The average molecular weight is 1950 g/mol. The molecule has 10 aromatic heterocycles. The molecule has 5 saturated heterocycles. The van der Waals surface area contributed by atoms with Crippen molar-refractivity contribution in [3.05, 3.63) is 294 Å². The van der Waals surface area contributed by atoms with Crippen LogP contribution in [0.4, 0.5) is 0 Å². The predicted octanol–water partition coefficient (Wildman–Crippen LogP) is 12.4. The van der Waals surface area contributed by atoms with Gasteiger partial charge < -0.3 is 99.7 Å². The van der Waals surface area contributed by atoms with Crippen LogP contribution in [0.15, 0.2) is 206 Å². The van der Waals surface area contributed by atoms with Crippen LogP contribution in [0, 0.1) is 0 Å². The zero-order chi connectivity index (χ0) is 98.0. The van der Waals surface area contributed by atoms with Gasteiger partial charge in [0.25, 0.3) is 0 Å². The lowest BCUT2D eigenvalue weighted by Gasteiger charge is -2.32. The summed E-state index contributed by atoms with van der Waals surface area (Å²) in [4.78, 5) is 126. The van der Waals surface area contributed by atoms with Crippen molar-refractivity contribution < 1.29 is 82.7 Å². The lowest BCUT2D eigenvalue weighted by atomic mass is 10.0. The quantitative estimate of drug-likeness (QED) is 0.0335. The number of ether oxygens (including phenoxy) is 6. The Balaban J connectivity index is 0.000000106. The average Bonchev–Trinajstić information content (AvgIpc) is 1.62. The first kappa shape index (κ1) is 93.3. The minimum absolute atomic E-state index is 0.0417. The first-order valence-corrected chi connectivity index (χ1v) is 47.4. The van der Waals surface area contributed by atoms with Crippen molar-refractivity contribution in [3.8, 4) is 57.5 Å². The van der Waals surface area contributed by atoms with Crippen LogP contribution in [-0.4, -0.2) is 271 Å². The fourth-order valence-electron chi connectivity index (χ4n) is 18.9. The summed E-state index contributed by atoms with van der Waals surface area (Å²) >= 11 is 5.94. The molecule has 726 valence electrons. The van der Waals surface area contributed by atoms with E-state index in [4.69, 9.17) is 40.0 Å². The van der Waals surface area contributed by atoms with E-state index in [9.17, 15) is 54.3 Å². The summed E-state index contributed by atoms with van der Waals surface area (Å²) in [6.45, 7) is 17.8. The fourth-order valence-corrected chi connectivity index (χ4v) is 19.1. The number of carbonyl (C=O) groups excluding carboxylic acids is 6. The number of fused-ring (bicyclic) bond motifs is 10. The Morgan fingerprint density at radius 1 is 0.329 bits per heavy atom. The lowest BCUT2D eigenvalue weighted by Crippen LogP contribution is -2.47. The molecule has 15 aromatic rings. The Kier molecular flexibility index (Phi) is 26.5. The van der Waals surface area contributed by atoms with Crippen molar-refractivity contribution in [2.75, 3.05) is 132 Å².